The highest BCUT2D eigenvalue weighted by Gasteiger charge is 2.15. The third-order valence-corrected chi connectivity index (χ3v) is 3.90. The van der Waals surface area contributed by atoms with E-state index >= 15 is 0 Å². The van der Waals surface area contributed by atoms with Gasteiger partial charge in [0.25, 0.3) is 5.91 Å². The lowest BCUT2D eigenvalue weighted by atomic mass is 10.2. The maximum atomic E-state index is 12.2. The SMILES string of the molecule is CC(Oc1ccc(Oc2ccc(C#N)cc2)cc1)C(=O)Nc1cccc(Cl)n1. The quantitative estimate of drug-likeness (QED) is 0.608. The third kappa shape index (κ3) is 5.22. The highest BCUT2D eigenvalue weighted by atomic mass is 35.5. The van der Waals surface area contributed by atoms with Crippen molar-refractivity contribution in [3.8, 4) is 23.3 Å². The fourth-order valence-corrected chi connectivity index (χ4v) is 2.45. The van der Waals surface area contributed by atoms with Crippen LogP contribution in [0.2, 0.25) is 5.15 Å². The summed E-state index contributed by atoms with van der Waals surface area (Å²) in [5.74, 6) is 1.77. The minimum absolute atomic E-state index is 0.296. The number of rotatable bonds is 6. The fourth-order valence-electron chi connectivity index (χ4n) is 2.28. The smallest absolute Gasteiger partial charge is 0.266 e. The van der Waals surface area contributed by atoms with Crippen LogP contribution in [0.25, 0.3) is 0 Å². The van der Waals surface area contributed by atoms with Crippen LogP contribution in [-0.2, 0) is 4.79 Å². The molecule has 1 unspecified atom stereocenters. The van der Waals surface area contributed by atoms with Crippen molar-refractivity contribution in [2.75, 3.05) is 5.32 Å². The number of nitrogens with zero attached hydrogens (tertiary/aromatic N) is 2. The van der Waals surface area contributed by atoms with Crippen molar-refractivity contribution in [3.05, 3.63) is 77.4 Å². The van der Waals surface area contributed by atoms with Gasteiger partial charge < -0.3 is 14.8 Å². The summed E-state index contributed by atoms with van der Waals surface area (Å²) in [6.07, 6.45) is -0.730. The molecular weight excluding hydrogens is 378 g/mol. The zero-order valence-corrected chi connectivity index (χ0v) is 15.7. The first-order valence-electron chi connectivity index (χ1n) is 8.41. The molecule has 2 aromatic carbocycles. The van der Waals surface area contributed by atoms with Gasteiger partial charge in [-0.2, -0.15) is 5.26 Å². The largest absolute Gasteiger partial charge is 0.481 e. The van der Waals surface area contributed by atoms with Gasteiger partial charge >= 0.3 is 0 Å². The highest BCUT2D eigenvalue weighted by Crippen LogP contribution is 2.24. The molecule has 0 aliphatic rings. The van der Waals surface area contributed by atoms with Crippen molar-refractivity contribution in [2.24, 2.45) is 0 Å². The third-order valence-electron chi connectivity index (χ3n) is 3.69. The lowest BCUT2D eigenvalue weighted by molar-refractivity contribution is -0.122. The van der Waals surface area contributed by atoms with Crippen LogP contribution in [0.4, 0.5) is 5.82 Å². The molecule has 1 aromatic heterocycles. The van der Waals surface area contributed by atoms with E-state index in [2.05, 4.69) is 16.4 Å². The van der Waals surface area contributed by atoms with Crippen LogP contribution in [0, 0.1) is 11.3 Å². The Balaban J connectivity index is 1.57. The molecule has 6 nitrogen and oxygen atoms in total. The summed E-state index contributed by atoms with van der Waals surface area (Å²) in [4.78, 5) is 16.2. The minimum atomic E-state index is -0.730. The number of benzene rings is 2. The molecule has 28 heavy (non-hydrogen) atoms. The fraction of sp³-hybridized carbons (Fsp3) is 0.0952. The lowest BCUT2D eigenvalue weighted by Gasteiger charge is -2.15. The van der Waals surface area contributed by atoms with Crippen molar-refractivity contribution in [1.82, 2.24) is 4.98 Å². The predicted octanol–water partition coefficient (Wildman–Crippen LogP) is 4.80. The topological polar surface area (TPSA) is 84.2 Å². The number of carbonyl (C=O) groups excluding carboxylic acids is 1. The van der Waals surface area contributed by atoms with Gasteiger partial charge in [0, 0.05) is 0 Å². The van der Waals surface area contributed by atoms with Crippen LogP contribution in [0.1, 0.15) is 12.5 Å². The van der Waals surface area contributed by atoms with Gasteiger partial charge in [-0.15, -0.1) is 0 Å². The van der Waals surface area contributed by atoms with Gasteiger partial charge in [-0.25, -0.2) is 4.98 Å². The molecule has 0 saturated carbocycles. The van der Waals surface area contributed by atoms with Gasteiger partial charge in [-0.05, 0) is 67.6 Å². The summed E-state index contributed by atoms with van der Waals surface area (Å²) in [5, 5.41) is 11.8. The van der Waals surface area contributed by atoms with Gasteiger partial charge in [0.15, 0.2) is 6.10 Å². The molecule has 0 aliphatic carbocycles. The number of nitriles is 1. The summed E-state index contributed by atoms with van der Waals surface area (Å²) >= 11 is 5.81. The second-order valence-electron chi connectivity index (χ2n) is 5.80. The molecule has 7 heteroatoms. The van der Waals surface area contributed by atoms with E-state index in [4.69, 9.17) is 26.3 Å². The Morgan fingerprint density at radius 1 is 1.04 bits per heavy atom. The monoisotopic (exact) mass is 393 g/mol. The molecule has 0 spiro atoms. The summed E-state index contributed by atoms with van der Waals surface area (Å²) in [6.45, 7) is 1.64. The van der Waals surface area contributed by atoms with Crippen LogP contribution in [-0.4, -0.2) is 17.0 Å². The number of aromatic nitrogens is 1. The molecule has 1 heterocycles. The normalized spacial score (nSPS) is 11.2. The molecule has 1 amide bonds. The molecule has 3 rings (SSSR count). The van der Waals surface area contributed by atoms with Crippen molar-refractivity contribution < 1.29 is 14.3 Å². The number of amides is 1. The summed E-state index contributed by atoms with van der Waals surface area (Å²) in [7, 11) is 0. The van der Waals surface area contributed by atoms with E-state index in [-0.39, 0.29) is 5.91 Å². The van der Waals surface area contributed by atoms with Gasteiger partial charge in [0.05, 0.1) is 11.6 Å². The summed E-state index contributed by atoms with van der Waals surface area (Å²) in [6, 6.07) is 20.7. The number of hydrogen-bond acceptors (Lipinski definition) is 5. The Morgan fingerprint density at radius 3 is 2.25 bits per heavy atom. The number of pyridine rings is 1. The van der Waals surface area contributed by atoms with Crippen LogP contribution in [0.3, 0.4) is 0 Å². The van der Waals surface area contributed by atoms with Gasteiger partial charge in [0.1, 0.15) is 28.2 Å². The number of ether oxygens (including phenoxy) is 2. The number of nitrogens with one attached hydrogen (secondary N) is 1. The Bertz CT molecular complexity index is 999. The number of halogens is 1. The van der Waals surface area contributed by atoms with Crippen LogP contribution >= 0.6 is 11.6 Å². The Kier molecular flexibility index (Phi) is 6.10. The summed E-state index contributed by atoms with van der Waals surface area (Å²) in [5.41, 5.74) is 0.566. The highest BCUT2D eigenvalue weighted by molar-refractivity contribution is 6.29. The van der Waals surface area contributed by atoms with Crippen LogP contribution in [0.5, 0.6) is 17.2 Å². The van der Waals surface area contributed by atoms with Gasteiger partial charge in [0.2, 0.25) is 0 Å². The van der Waals surface area contributed by atoms with Crippen molar-refractivity contribution in [1.29, 1.82) is 5.26 Å². The van der Waals surface area contributed by atoms with E-state index in [1.165, 1.54) is 0 Å². The average molecular weight is 394 g/mol. The van der Waals surface area contributed by atoms with E-state index in [9.17, 15) is 4.79 Å². The predicted molar refractivity (Wildman–Crippen MR) is 106 cm³/mol. The zero-order chi connectivity index (χ0) is 19.9. The van der Waals surface area contributed by atoms with E-state index in [0.717, 1.165) is 0 Å². The molecule has 0 radical (unpaired) electrons. The molecule has 1 atom stereocenters. The average Bonchev–Trinajstić information content (AvgIpc) is 2.70. The second kappa shape index (κ2) is 8.89. The first-order chi connectivity index (χ1) is 13.5. The van der Waals surface area contributed by atoms with Crippen LogP contribution in [0.15, 0.2) is 66.7 Å². The number of anilines is 1. The molecule has 140 valence electrons. The Hall–Kier alpha value is -3.56. The standard InChI is InChI=1S/C21H16ClN3O3/c1-14(21(26)25-20-4-2-3-19(22)24-20)27-16-9-11-18(12-10-16)28-17-7-5-15(13-23)6-8-17/h2-12,14H,1H3,(H,24,25,26). The summed E-state index contributed by atoms with van der Waals surface area (Å²) < 4.78 is 11.4. The number of hydrogen-bond donors (Lipinski definition) is 1. The van der Waals surface area contributed by atoms with E-state index in [1.807, 2.05) is 0 Å². The van der Waals surface area contributed by atoms with Crippen LogP contribution < -0.4 is 14.8 Å². The molecule has 0 aliphatic heterocycles. The first kappa shape index (κ1) is 19.2. The Morgan fingerprint density at radius 2 is 1.64 bits per heavy atom. The van der Waals surface area contributed by atoms with Gasteiger partial charge in [-0.3, -0.25) is 4.79 Å². The van der Waals surface area contributed by atoms with Crippen molar-refractivity contribution >= 4 is 23.3 Å². The lowest BCUT2D eigenvalue weighted by Crippen LogP contribution is -2.30. The molecule has 0 saturated heterocycles. The molecule has 3 aromatic rings. The maximum Gasteiger partial charge on any atom is 0.266 e. The zero-order valence-electron chi connectivity index (χ0n) is 14.9. The minimum Gasteiger partial charge on any atom is -0.481 e. The molecule has 1 N–H and O–H groups in total. The maximum absolute atomic E-state index is 12.2. The Labute approximate surface area is 167 Å². The number of carbonyl (C=O) groups is 1. The van der Waals surface area contributed by atoms with Crippen molar-refractivity contribution in [3.63, 3.8) is 0 Å². The second-order valence-corrected chi connectivity index (χ2v) is 6.19. The molecule has 0 fully saturated rings. The molecule has 0 bridgehead atoms. The first-order valence-corrected chi connectivity index (χ1v) is 8.79. The van der Waals surface area contributed by atoms with Crippen molar-refractivity contribution in [2.45, 2.75) is 13.0 Å². The van der Waals surface area contributed by atoms with E-state index < -0.39 is 6.10 Å². The van der Waals surface area contributed by atoms with Gasteiger partial charge in [-0.1, -0.05) is 17.7 Å². The van der Waals surface area contributed by atoms with E-state index in [0.29, 0.717) is 33.8 Å². The molecular formula is C21H16ClN3O3. The van der Waals surface area contributed by atoms with E-state index in [1.54, 1.807) is 73.7 Å².